The van der Waals surface area contributed by atoms with Crippen LogP contribution in [0, 0.1) is 0 Å². The van der Waals surface area contributed by atoms with Crippen LogP contribution in [-0.2, 0) is 14.0 Å². The van der Waals surface area contributed by atoms with Crippen LogP contribution in [0.4, 0.5) is 5.69 Å². The Hall–Kier alpha value is -2.32. The summed E-state index contributed by atoms with van der Waals surface area (Å²) in [6, 6.07) is 12.1. The standard InChI is InChI=1S/C28H36Cl2N2O4Si/c1-18(19-11-12-22(29)23(30)15-19)16-31-24-10-8-9-21-20(24)13-14-32(26(21)33)25(27(34)35-5)17-36-37(6,7)28(2,3)4/h8-15,18,25,31H,16-17H2,1-7H3. The van der Waals surface area contributed by atoms with Gasteiger partial charge in [0.1, 0.15) is 0 Å². The van der Waals surface area contributed by atoms with Crippen molar-refractivity contribution in [1.82, 2.24) is 4.57 Å². The van der Waals surface area contributed by atoms with Crippen LogP contribution in [-0.4, -0.2) is 39.1 Å². The molecule has 0 saturated carbocycles. The zero-order valence-electron chi connectivity index (χ0n) is 22.5. The molecule has 0 fully saturated rings. The Kier molecular flexibility index (Phi) is 9.17. The minimum Gasteiger partial charge on any atom is -0.467 e. The molecule has 9 heteroatoms. The SMILES string of the molecule is COC(=O)C(CO[Si](C)(C)C(C)(C)C)n1ccc2c(NCC(C)c3ccc(Cl)c(Cl)c3)cccc2c1=O. The number of carbonyl (C=O) groups is 1. The van der Waals surface area contributed by atoms with Gasteiger partial charge in [0.2, 0.25) is 0 Å². The Bertz CT molecular complexity index is 1330. The van der Waals surface area contributed by atoms with Gasteiger partial charge in [-0.1, -0.05) is 63.0 Å². The number of ether oxygens (including phenoxy) is 1. The monoisotopic (exact) mass is 562 g/mol. The van der Waals surface area contributed by atoms with E-state index in [1.165, 1.54) is 11.7 Å². The normalized spacial score (nSPS) is 13.9. The molecule has 6 nitrogen and oxygen atoms in total. The molecule has 0 saturated heterocycles. The lowest BCUT2D eigenvalue weighted by atomic mass is 10.0. The molecule has 0 aliphatic rings. The van der Waals surface area contributed by atoms with Crippen LogP contribution < -0.4 is 10.9 Å². The molecule has 2 atom stereocenters. The highest BCUT2D eigenvalue weighted by atomic mass is 35.5. The largest absolute Gasteiger partial charge is 0.467 e. The van der Waals surface area contributed by atoms with Crippen molar-refractivity contribution >= 4 is 53.9 Å². The molecule has 0 bridgehead atoms. The van der Waals surface area contributed by atoms with Gasteiger partial charge in [0, 0.05) is 29.2 Å². The zero-order valence-corrected chi connectivity index (χ0v) is 25.0. The predicted molar refractivity (Wildman–Crippen MR) is 156 cm³/mol. The Morgan fingerprint density at radius 2 is 1.78 bits per heavy atom. The average Bonchev–Trinajstić information content (AvgIpc) is 2.84. The summed E-state index contributed by atoms with van der Waals surface area (Å²) < 4.78 is 12.8. The number of anilines is 1. The number of nitrogens with one attached hydrogen (secondary N) is 1. The molecule has 0 aliphatic carbocycles. The maximum Gasteiger partial charge on any atom is 0.331 e. The highest BCUT2D eigenvalue weighted by Gasteiger charge is 2.38. The van der Waals surface area contributed by atoms with Crippen LogP contribution in [0.1, 0.15) is 45.2 Å². The van der Waals surface area contributed by atoms with Crippen molar-refractivity contribution in [2.24, 2.45) is 0 Å². The number of hydrogen-bond acceptors (Lipinski definition) is 5. The van der Waals surface area contributed by atoms with Gasteiger partial charge in [-0.25, -0.2) is 4.79 Å². The van der Waals surface area contributed by atoms with Crippen LogP contribution in [0.2, 0.25) is 28.2 Å². The van der Waals surface area contributed by atoms with E-state index in [0.29, 0.717) is 22.0 Å². The van der Waals surface area contributed by atoms with E-state index in [0.717, 1.165) is 16.6 Å². The first kappa shape index (κ1) is 29.2. The summed E-state index contributed by atoms with van der Waals surface area (Å²) >= 11 is 12.2. The van der Waals surface area contributed by atoms with Crippen LogP contribution in [0.15, 0.2) is 53.5 Å². The number of fused-ring (bicyclic) bond motifs is 1. The molecule has 3 rings (SSSR count). The van der Waals surface area contributed by atoms with Gasteiger partial charge in [0.05, 0.1) is 23.8 Å². The number of pyridine rings is 1. The molecule has 0 radical (unpaired) electrons. The van der Waals surface area contributed by atoms with Gasteiger partial charge in [-0.05, 0) is 59.9 Å². The second-order valence-electron chi connectivity index (χ2n) is 10.9. The molecule has 1 heterocycles. The summed E-state index contributed by atoms with van der Waals surface area (Å²) in [7, 11) is -0.820. The third-order valence-electron chi connectivity index (χ3n) is 7.30. The molecule has 1 aromatic heterocycles. The summed E-state index contributed by atoms with van der Waals surface area (Å²) in [5, 5.41) is 5.76. The molecule has 0 amide bonds. The van der Waals surface area contributed by atoms with Gasteiger partial charge in [-0.3, -0.25) is 9.36 Å². The van der Waals surface area contributed by atoms with E-state index in [2.05, 4.69) is 46.1 Å². The van der Waals surface area contributed by atoms with Crippen molar-refractivity contribution in [3.05, 3.63) is 74.6 Å². The Morgan fingerprint density at radius 1 is 1.08 bits per heavy atom. The van der Waals surface area contributed by atoms with Crippen molar-refractivity contribution in [1.29, 1.82) is 0 Å². The molecule has 37 heavy (non-hydrogen) atoms. The van der Waals surface area contributed by atoms with E-state index < -0.39 is 20.3 Å². The van der Waals surface area contributed by atoms with E-state index in [1.54, 1.807) is 18.3 Å². The first-order valence-electron chi connectivity index (χ1n) is 12.3. The fraction of sp³-hybridized carbons (Fsp3) is 0.429. The van der Waals surface area contributed by atoms with Crippen LogP contribution in [0.25, 0.3) is 10.8 Å². The van der Waals surface area contributed by atoms with Crippen molar-refractivity contribution in [3.8, 4) is 0 Å². The van der Waals surface area contributed by atoms with Crippen molar-refractivity contribution < 1.29 is 14.0 Å². The van der Waals surface area contributed by atoms with Crippen LogP contribution in [0.3, 0.4) is 0 Å². The zero-order chi connectivity index (χ0) is 27.5. The summed E-state index contributed by atoms with van der Waals surface area (Å²) in [4.78, 5) is 26.3. The number of rotatable bonds is 9. The minimum absolute atomic E-state index is 0.0307. The topological polar surface area (TPSA) is 69.6 Å². The summed E-state index contributed by atoms with van der Waals surface area (Å²) in [6.45, 7) is 13.4. The number of nitrogens with zero attached hydrogens (tertiary/aromatic N) is 1. The van der Waals surface area contributed by atoms with Gasteiger partial charge >= 0.3 is 5.97 Å². The number of halogens is 2. The van der Waals surface area contributed by atoms with E-state index in [-0.39, 0.29) is 23.1 Å². The Morgan fingerprint density at radius 3 is 2.41 bits per heavy atom. The molecule has 2 aromatic carbocycles. The maximum absolute atomic E-state index is 13.5. The fourth-order valence-electron chi connectivity index (χ4n) is 3.79. The quantitative estimate of drug-likeness (QED) is 0.219. The van der Waals surface area contributed by atoms with Crippen LogP contribution in [0.5, 0.6) is 0 Å². The Labute approximate surface area is 230 Å². The van der Waals surface area contributed by atoms with Crippen molar-refractivity contribution in [2.75, 3.05) is 25.6 Å². The highest BCUT2D eigenvalue weighted by Crippen LogP contribution is 2.37. The van der Waals surface area contributed by atoms with E-state index in [1.807, 2.05) is 30.3 Å². The van der Waals surface area contributed by atoms with Gasteiger partial charge < -0.3 is 14.5 Å². The summed E-state index contributed by atoms with van der Waals surface area (Å²) in [5.74, 6) is -0.355. The molecular formula is C28H36Cl2N2O4Si. The molecule has 200 valence electrons. The number of benzene rings is 2. The molecule has 0 aliphatic heterocycles. The second kappa shape index (κ2) is 11.6. The lowest BCUT2D eigenvalue weighted by Gasteiger charge is -2.37. The number of aromatic nitrogens is 1. The predicted octanol–water partition coefficient (Wildman–Crippen LogP) is 7.26. The van der Waals surface area contributed by atoms with E-state index >= 15 is 0 Å². The van der Waals surface area contributed by atoms with E-state index in [4.69, 9.17) is 32.4 Å². The molecular weight excluding hydrogens is 527 g/mol. The van der Waals surface area contributed by atoms with E-state index in [9.17, 15) is 9.59 Å². The molecule has 2 unspecified atom stereocenters. The highest BCUT2D eigenvalue weighted by molar-refractivity contribution is 6.74. The number of hydrogen-bond donors (Lipinski definition) is 1. The third kappa shape index (κ3) is 6.58. The summed E-state index contributed by atoms with van der Waals surface area (Å²) in [6.07, 6.45) is 1.65. The number of esters is 1. The second-order valence-corrected chi connectivity index (χ2v) is 16.5. The van der Waals surface area contributed by atoms with Gasteiger partial charge in [0.25, 0.3) is 5.56 Å². The first-order chi connectivity index (χ1) is 17.3. The first-order valence-corrected chi connectivity index (χ1v) is 16.0. The lowest BCUT2D eigenvalue weighted by Crippen LogP contribution is -2.44. The average molecular weight is 564 g/mol. The van der Waals surface area contributed by atoms with Gasteiger partial charge in [0.15, 0.2) is 14.4 Å². The maximum atomic E-state index is 13.5. The van der Waals surface area contributed by atoms with Gasteiger partial charge in [-0.2, -0.15) is 0 Å². The lowest BCUT2D eigenvalue weighted by molar-refractivity contribution is -0.145. The molecule has 1 N–H and O–H groups in total. The molecule has 0 spiro atoms. The third-order valence-corrected chi connectivity index (χ3v) is 12.5. The smallest absolute Gasteiger partial charge is 0.331 e. The fourth-order valence-corrected chi connectivity index (χ4v) is 5.11. The summed E-state index contributed by atoms with van der Waals surface area (Å²) in [5.41, 5.74) is 1.63. The number of carbonyl (C=O) groups excluding carboxylic acids is 1. The molecule has 3 aromatic rings. The van der Waals surface area contributed by atoms with Crippen LogP contribution >= 0.6 is 23.2 Å². The van der Waals surface area contributed by atoms with Crippen molar-refractivity contribution in [2.45, 2.75) is 57.8 Å². The Balaban J connectivity index is 1.89. The number of methoxy groups -OCH3 is 1. The van der Waals surface area contributed by atoms with Crippen molar-refractivity contribution in [3.63, 3.8) is 0 Å². The van der Waals surface area contributed by atoms with Gasteiger partial charge in [-0.15, -0.1) is 0 Å². The minimum atomic E-state index is -2.14.